The molecule has 1 aromatic rings. The zero-order valence-corrected chi connectivity index (χ0v) is 12.7. The number of hydrogen-bond acceptors (Lipinski definition) is 4. The van der Waals surface area contributed by atoms with Crippen LogP contribution in [0.25, 0.3) is 0 Å². The Balaban J connectivity index is 2.82. The number of aryl methyl sites for hydroxylation is 1. The molecule has 5 heteroatoms. The highest BCUT2D eigenvalue weighted by molar-refractivity contribution is 7.80. The van der Waals surface area contributed by atoms with Gasteiger partial charge in [-0.3, -0.25) is 10.1 Å². The Morgan fingerprint density at radius 1 is 1.42 bits per heavy atom. The van der Waals surface area contributed by atoms with Gasteiger partial charge in [0, 0.05) is 12.0 Å². The lowest BCUT2D eigenvalue weighted by molar-refractivity contribution is -0.385. The molecule has 1 atom stereocenters. The number of ether oxygens (including phenoxy) is 1. The van der Waals surface area contributed by atoms with Crippen LogP contribution in [0.2, 0.25) is 0 Å². The third-order valence-electron chi connectivity index (χ3n) is 3.27. The van der Waals surface area contributed by atoms with E-state index in [9.17, 15) is 10.1 Å². The zero-order valence-electron chi connectivity index (χ0n) is 11.8. The summed E-state index contributed by atoms with van der Waals surface area (Å²) in [7, 11) is 0. The van der Waals surface area contributed by atoms with Crippen molar-refractivity contribution in [1.82, 2.24) is 0 Å². The van der Waals surface area contributed by atoms with Crippen LogP contribution in [0.3, 0.4) is 0 Å². The van der Waals surface area contributed by atoms with E-state index in [1.54, 1.807) is 6.07 Å². The summed E-state index contributed by atoms with van der Waals surface area (Å²) in [5.74, 6) is 1.58. The smallest absolute Gasteiger partial charge is 0.273 e. The van der Waals surface area contributed by atoms with E-state index in [0.29, 0.717) is 12.4 Å². The molecule has 0 aliphatic rings. The lowest BCUT2D eigenvalue weighted by Gasteiger charge is -2.29. The Morgan fingerprint density at radius 2 is 2.05 bits per heavy atom. The quantitative estimate of drug-likeness (QED) is 0.507. The van der Waals surface area contributed by atoms with E-state index in [4.69, 9.17) is 4.74 Å². The molecule has 0 saturated carbocycles. The van der Waals surface area contributed by atoms with Crippen molar-refractivity contribution < 1.29 is 9.66 Å². The van der Waals surface area contributed by atoms with E-state index in [0.717, 1.165) is 11.3 Å². The van der Waals surface area contributed by atoms with Gasteiger partial charge in [-0.1, -0.05) is 20.8 Å². The average Bonchev–Trinajstić information content (AvgIpc) is 2.30. The van der Waals surface area contributed by atoms with Gasteiger partial charge >= 0.3 is 0 Å². The third-order valence-corrected chi connectivity index (χ3v) is 3.71. The summed E-state index contributed by atoms with van der Waals surface area (Å²) >= 11 is 4.35. The number of hydrogen-bond donors (Lipinski definition) is 1. The molecule has 0 spiro atoms. The number of non-ortho nitro benzene ring substituents is 1. The number of thiol groups is 1. The Morgan fingerprint density at radius 3 is 2.53 bits per heavy atom. The van der Waals surface area contributed by atoms with Crippen LogP contribution in [0.1, 0.15) is 26.3 Å². The predicted molar refractivity (Wildman–Crippen MR) is 80.1 cm³/mol. The highest BCUT2D eigenvalue weighted by atomic mass is 32.1. The maximum atomic E-state index is 10.8. The van der Waals surface area contributed by atoms with Crippen molar-refractivity contribution in [3.63, 3.8) is 0 Å². The van der Waals surface area contributed by atoms with Crippen molar-refractivity contribution in [3.8, 4) is 5.75 Å². The van der Waals surface area contributed by atoms with Crippen molar-refractivity contribution in [2.45, 2.75) is 27.7 Å². The lowest BCUT2D eigenvalue weighted by Crippen LogP contribution is -2.28. The zero-order chi connectivity index (χ0) is 14.6. The molecule has 1 rings (SSSR count). The molecule has 0 N–H and O–H groups in total. The molecule has 1 aromatic carbocycles. The largest absolute Gasteiger partial charge is 0.493 e. The Bertz CT molecular complexity index is 454. The minimum absolute atomic E-state index is 0.0544. The van der Waals surface area contributed by atoms with Gasteiger partial charge in [-0.2, -0.15) is 12.6 Å². The van der Waals surface area contributed by atoms with Crippen LogP contribution in [-0.4, -0.2) is 17.3 Å². The van der Waals surface area contributed by atoms with Crippen LogP contribution in [0.5, 0.6) is 5.75 Å². The molecule has 0 fully saturated rings. The van der Waals surface area contributed by atoms with Crippen LogP contribution < -0.4 is 4.74 Å². The van der Waals surface area contributed by atoms with Gasteiger partial charge in [0.2, 0.25) is 0 Å². The van der Waals surface area contributed by atoms with E-state index in [1.165, 1.54) is 12.1 Å². The molecule has 0 saturated heterocycles. The molecule has 1 unspecified atom stereocenters. The second-order valence-corrected chi connectivity index (χ2v) is 6.13. The Hall–Kier alpha value is -1.23. The standard InChI is InChI=1S/C14H21NO3S/c1-10-5-6-12(15(16)17)7-13(10)18-8-11(9-19)14(2,3)4/h5-7,11,19H,8-9H2,1-4H3. The molecular weight excluding hydrogens is 262 g/mol. The summed E-state index contributed by atoms with van der Waals surface area (Å²) in [6.07, 6.45) is 0. The van der Waals surface area contributed by atoms with Gasteiger partial charge < -0.3 is 4.74 Å². The number of nitrogens with zero attached hydrogens (tertiary/aromatic N) is 1. The predicted octanol–water partition coefficient (Wildman–Crippen LogP) is 3.87. The van der Waals surface area contributed by atoms with Crippen LogP contribution in [-0.2, 0) is 0 Å². The van der Waals surface area contributed by atoms with E-state index in [1.807, 2.05) is 6.92 Å². The minimum atomic E-state index is -0.411. The first-order valence-electron chi connectivity index (χ1n) is 6.24. The second-order valence-electron chi connectivity index (χ2n) is 5.76. The maximum Gasteiger partial charge on any atom is 0.273 e. The van der Waals surface area contributed by atoms with Crippen LogP contribution >= 0.6 is 12.6 Å². The summed E-state index contributed by atoms with van der Waals surface area (Å²) in [5.41, 5.74) is 1.05. The SMILES string of the molecule is Cc1ccc([N+](=O)[O-])cc1OCC(CS)C(C)(C)C. The van der Waals surface area contributed by atoms with Gasteiger partial charge in [-0.25, -0.2) is 0 Å². The third kappa shape index (κ3) is 4.42. The fourth-order valence-electron chi connectivity index (χ4n) is 1.62. The van der Waals surface area contributed by atoms with Gasteiger partial charge in [-0.05, 0) is 29.7 Å². The maximum absolute atomic E-state index is 10.8. The summed E-state index contributed by atoms with van der Waals surface area (Å²) in [6.45, 7) is 8.80. The van der Waals surface area contributed by atoms with Gasteiger partial charge in [-0.15, -0.1) is 0 Å². The highest BCUT2D eigenvalue weighted by Crippen LogP contribution is 2.29. The van der Waals surface area contributed by atoms with E-state index >= 15 is 0 Å². The Kier molecular flexibility index (Phi) is 5.23. The fraction of sp³-hybridized carbons (Fsp3) is 0.571. The second kappa shape index (κ2) is 6.28. The van der Waals surface area contributed by atoms with Crippen molar-refractivity contribution >= 4 is 18.3 Å². The molecule has 0 radical (unpaired) electrons. The molecule has 0 amide bonds. The van der Waals surface area contributed by atoms with E-state index in [-0.39, 0.29) is 17.0 Å². The first kappa shape index (κ1) is 15.8. The first-order chi connectivity index (χ1) is 8.75. The summed E-state index contributed by atoms with van der Waals surface area (Å²) in [4.78, 5) is 10.3. The van der Waals surface area contributed by atoms with E-state index in [2.05, 4.69) is 33.4 Å². The molecule has 0 bridgehead atoms. The van der Waals surface area contributed by atoms with Crippen molar-refractivity contribution in [2.24, 2.45) is 11.3 Å². The minimum Gasteiger partial charge on any atom is -0.493 e. The van der Waals surface area contributed by atoms with Gasteiger partial charge in [0.05, 0.1) is 17.6 Å². The monoisotopic (exact) mass is 283 g/mol. The van der Waals surface area contributed by atoms with Crippen LogP contribution in [0.15, 0.2) is 18.2 Å². The number of benzene rings is 1. The first-order valence-corrected chi connectivity index (χ1v) is 6.87. The van der Waals surface area contributed by atoms with Gasteiger partial charge in [0.15, 0.2) is 0 Å². The van der Waals surface area contributed by atoms with E-state index < -0.39 is 4.92 Å². The summed E-state index contributed by atoms with van der Waals surface area (Å²) < 4.78 is 5.75. The van der Waals surface area contributed by atoms with Crippen LogP contribution in [0, 0.1) is 28.4 Å². The molecular formula is C14H21NO3S. The lowest BCUT2D eigenvalue weighted by atomic mass is 9.82. The normalized spacial score (nSPS) is 13.1. The number of nitro benzene ring substituents is 1. The Labute approximate surface area is 119 Å². The average molecular weight is 283 g/mol. The summed E-state index contributed by atoms with van der Waals surface area (Å²) in [5, 5.41) is 10.8. The van der Waals surface area contributed by atoms with Gasteiger partial charge in [0.25, 0.3) is 5.69 Å². The topological polar surface area (TPSA) is 52.4 Å². The molecule has 0 aromatic heterocycles. The molecule has 0 aliphatic heterocycles. The molecule has 4 nitrogen and oxygen atoms in total. The van der Waals surface area contributed by atoms with Crippen molar-refractivity contribution in [1.29, 1.82) is 0 Å². The van der Waals surface area contributed by atoms with Crippen molar-refractivity contribution in [3.05, 3.63) is 33.9 Å². The highest BCUT2D eigenvalue weighted by Gasteiger charge is 2.24. The summed E-state index contributed by atoms with van der Waals surface area (Å²) in [6, 6.07) is 4.68. The number of rotatable bonds is 5. The van der Waals surface area contributed by atoms with Crippen molar-refractivity contribution in [2.75, 3.05) is 12.4 Å². The molecule has 0 aliphatic carbocycles. The molecule has 0 heterocycles. The molecule has 106 valence electrons. The van der Waals surface area contributed by atoms with Crippen LogP contribution in [0.4, 0.5) is 5.69 Å². The van der Waals surface area contributed by atoms with Gasteiger partial charge in [0.1, 0.15) is 5.75 Å². The molecule has 19 heavy (non-hydrogen) atoms. The number of nitro groups is 1. The fourth-order valence-corrected chi connectivity index (χ4v) is 2.28.